The molecular weight excluding hydrogens is 288 g/mol. The number of hydrogen-bond donors (Lipinski definition) is 3. The highest BCUT2D eigenvalue weighted by atomic mass is 16.1. The number of para-hydroxylation sites is 1. The number of carbonyl (C=O) groups excluding carboxylic acids is 1. The Labute approximate surface area is 132 Å². The maximum Gasteiger partial charge on any atom is 0.272 e. The molecule has 2 aromatic carbocycles. The van der Waals surface area contributed by atoms with Crippen LogP contribution in [0.3, 0.4) is 0 Å². The van der Waals surface area contributed by atoms with E-state index in [1.807, 2.05) is 42.6 Å². The normalized spacial score (nSPS) is 11.1. The van der Waals surface area contributed by atoms with Gasteiger partial charge in [-0.05, 0) is 30.2 Å². The summed E-state index contributed by atoms with van der Waals surface area (Å²) in [7, 11) is 0. The van der Waals surface area contributed by atoms with E-state index in [1.165, 1.54) is 10.9 Å². The highest BCUT2D eigenvalue weighted by molar-refractivity contribution is 6.04. The molecule has 4 aromatic rings. The van der Waals surface area contributed by atoms with Crippen LogP contribution in [0.4, 0.5) is 0 Å². The average molecular weight is 304 g/mol. The fourth-order valence-corrected chi connectivity index (χ4v) is 2.90. The zero-order valence-electron chi connectivity index (χ0n) is 12.5. The van der Waals surface area contributed by atoms with Gasteiger partial charge < -0.3 is 10.3 Å². The van der Waals surface area contributed by atoms with E-state index in [-0.39, 0.29) is 5.91 Å². The zero-order valence-corrected chi connectivity index (χ0v) is 12.5. The molecule has 23 heavy (non-hydrogen) atoms. The maximum atomic E-state index is 12.3. The van der Waals surface area contributed by atoms with Crippen LogP contribution in [0, 0.1) is 0 Å². The lowest BCUT2D eigenvalue weighted by atomic mass is 10.1. The molecule has 1 amide bonds. The molecule has 0 aliphatic carbocycles. The third-order valence-corrected chi connectivity index (χ3v) is 4.05. The minimum atomic E-state index is -0.149. The van der Waals surface area contributed by atoms with Crippen molar-refractivity contribution in [2.75, 3.05) is 6.54 Å². The van der Waals surface area contributed by atoms with E-state index in [9.17, 15) is 4.79 Å². The van der Waals surface area contributed by atoms with Crippen molar-refractivity contribution in [1.82, 2.24) is 20.5 Å². The van der Waals surface area contributed by atoms with Gasteiger partial charge in [-0.3, -0.25) is 9.89 Å². The van der Waals surface area contributed by atoms with Gasteiger partial charge in [-0.1, -0.05) is 30.3 Å². The molecular formula is C18H16N4O. The lowest BCUT2D eigenvalue weighted by Gasteiger charge is -2.05. The third kappa shape index (κ3) is 2.46. The van der Waals surface area contributed by atoms with Crippen molar-refractivity contribution in [3.63, 3.8) is 0 Å². The van der Waals surface area contributed by atoms with Gasteiger partial charge >= 0.3 is 0 Å². The largest absolute Gasteiger partial charge is 0.361 e. The third-order valence-electron chi connectivity index (χ3n) is 4.05. The van der Waals surface area contributed by atoms with Crippen molar-refractivity contribution in [2.45, 2.75) is 6.42 Å². The number of nitrogens with zero attached hydrogens (tertiary/aromatic N) is 1. The van der Waals surface area contributed by atoms with Gasteiger partial charge in [0, 0.05) is 29.0 Å². The molecule has 0 spiro atoms. The Morgan fingerprint density at radius 2 is 1.87 bits per heavy atom. The van der Waals surface area contributed by atoms with Crippen LogP contribution in [0.25, 0.3) is 21.8 Å². The highest BCUT2D eigenvalue weighted by Crippen LogP contribution is 2.18. The van der Waals surface area contributed by atoms with Crippen LogP contribution in [0.15, 0.2) is 54.7 Å². The van der Waals surface area contributed by atoms with Gasteiger partial charge in [0.15, 0.2) is 5.69 Å². The molecule has 4 rings (SSSR count). The van der Waals surface area contributed by atoms with Gasteiger partial charge in [-0.2, -0.15) is 5.10 Å². The zero-order chi connectivity index (χ0) is 15.6. The number of rotatable bonds is 4. The number of H-pyrrole nitrogens is 2. The summed E-state index contributed by atoms with van der Waals surface area (Å²) in [6.45, 7) is 0.574. The van der Waals surface area contributed by atoms with E-state index in [2.05, 4.69) is 32.6 Å². The molecule has 0 atom stereocenters. The Balaban J connectivity index is 1.47. The van der Waals surface area contributed by atoms with E-state index in [1.54, 1.807) is 0 Å². The van der Waals surface area contributed by atoms with Crippen LogP contribution in [0.2, 0.25) is 0 Å². The number of aromatic nitrogens is 3. The summed E-state index contributed by atoms with van der Waals surface area (Å²) in [6.07, 6.45) is 2.71. The van der Waals surface area contributed by atoms with Crippen LogP contribution in [-0.2, 0) is 6.42 Å². The van der Waals surface area contributed by atoms with Crippen LogP contribution >= 0.6 is 0 Å². The van der Waals surface area contributed by atoms with Crippen LogP contribution in [-0.4, -0.2) is 27.6 Å². The average Bonchev–Trinajstić information content (AvgIpc) is 3.22. The molecule has 5 nitrogen and oxygen atoms in total. The lowest BCUT2D eigenvalue weighted by Crippen LogP contribution is -2.26. The van der Waals surface area contributed by atoms with E-state index < -0.39 is 0 Å². The number of nitrogens with one attached hydrogen (secondary N) is 3. The second-order valence-electron chi connectivity index (χ2n) is 5.48. The Morgan fingerprint density at radius 1 is 1.00 bits per heavy atom. The first-order valence-corrected chi connectivity index (χ1v) is 7.59. The summed E-state index contributed by atoms with van der Waals surface area (Å²) in [6, 6.07) is 15.9. The fourth-order valence-electron chi connectivity index (χ4n) is 2.90. The van der Waals surface area contributed by atoms with Crippen molar-refractivity contribution in [2.24, 2.45) is 0 Å². The molecule has 0 radical (unpaired) electrons. The lowest BCUT2D eigenvalue weighted by molar-refractivity contribution is 0.0951. The molecule has 0 unspecified atom stereocenters. The van der Waals surface area contributed by atoms with Gasteiger partial charge in [-0.15, -0.1) is 0 Å². The molecule has 114 valence electrons. The molecule has 3 N–H and O–H groups in total. The Kier molecular flexibility index (Phi) is 3.31. The molecule has 0 saturated carbocycles. The number of benzene rings is 2. The second-order valence-corrected chi connectivity index (χ2v) is 5.48. The van der Waals surface area contributed by atoms with E-state index in [0.29, 0.717) is 12.2 Å². The van der Waals surface area contributed by atoms with Gasteiger partial charge in [0.05, 0.1) is 5.52 Å². The molecule has 0 aliphatic rings. The molecule has 0 fully saturated rings. The summed E-state index contributed by atoms with van der Waals surface area (Å²) >= 11 is 0. The number of hydrogen-bond acceptors (Lipinski definition) is 2. The topological polar surface area (TPSA) is 73.6 Å². The predicted octanol–water partition coefficient (Wildman–Crippen LogP) is 3.02. The summed E-state index contributed by atoms with van der Waals surface area (Å²) < 4.78 is 0. The second kappa shape index (κ2) is 5.61. The number of carbonyl (C=O) groups is 1. The fraction of sp³-hybridized carbons (Fsp3) is 0.111. The first kappa shape index (κ1) is 13.6. The smallest absolute Gasteiger partial charge is 0.272 e. The monoisotopic (exact) mass is 304 g/mol. The van der Waals surface area contributed by atoms with Crippen LogP contribution in [0.1, 0.15) is 16.1 Å². The summed E-state index contributed by atoms with van der Waals surface area (Å²) in [4.78, 5) is 15.5. The van der Waals surface area contributed by atoms with Crippen molar-refractivity contribution in [1.29, 1.82) is 0 Å². The Bertz CT molecular complexity index is 983. The summed E-state index contributed by atoms with van der Waals surface area (Å²) in [5.41, 5.74) is 3.65. The maximum absolute atomic E-state index is 12.3. The predicted molar refractivity (Wildman–Crippen MR) is 90.4 cm³/mol. The highest BCUT2D eigenvalue weighted by Gasteiger charge is 2.13. The molecule has 2 aromatic heterocycles. The molecule has 0 aliphatic heterocycles. The minimum Gasteiger partial charge on any atom is -0.361 e. The number of fused-ring (bicyclic) bond motifs is 2. The van der Waals surface area contributed by atoms with E-state index >= 15 is 0 Å². The molecule has 5 heteroatoms. The first-order chi connectivity index (χ1) is 11.3. The number of aromatic amines is 2. The molecule has 2 heterocycles. The Hall–Kier alpha value is -3.08. The standard InChI is InChI=1S/C18H16N4O/c23-18(17-14-5-1-2-6-16(14)21-22-17)20-10-8-12-4-3-7-15-13(12)9-11-19-15/h1-7,9,11,19H,8,10H2,(H,20,23)(H,21,22). The van der Waals surface area contributed by atoms with Crippen molar-refractivity contribution in [3.05, 3.63) is 66.0 Å². The summed E-state index contributed by atoms with van der Waals surface area (Å²) in [5.74, 6) is -0.149. The summed E-state index contributed by atoms with van der Waals surface area (Å²) in [5, 5.41) is 12.0. The number of amides is 1. The van der Waals surface area contributed by atoms with Gasteiger partial charge in [0.25, 0.3) is 5.91 Å². The van der Waals surface area contributed by atoms with Gasteiger partial charge in [0.2, 0.25) is 0 Å². The molecule has 0 bridgehead atoms. The first-order valence-electron chi connectivity index (χ1n) is 7.59. The van der Waals surface area contributed by atoms with E-state index in [4.69, 9.17) is 0 Å². The SMILES string of the molecule is O=C(NCCc1cccc2[nH]ccc12)c1n[nH]c2ccccc12. The van der Waals surface area contributed by atoms with Crippen molar-refractivity contribution in [3.8, 4) is 0 Å². The van der Waals surface area contributed by atoms with Gasteiger partial charge in [0.1, 0.15) is 0 Å². The van der Waals surface area contributed by atoms with Crippen molar-refractivity contribution < 1.29 is 4.79 Å². The minimum absolute atomic E-state index is 0.149. The van der Waals surface area contributed by atoms with Gasteiger partial charge in [-0.25, -0.2) is 0 Å². The van der Waals surface area contributed by atoms with E-state index in [0.717, 1.165) is 22.8 Å². The van der Waals surface area contributed by atoms with Crippen molar-refractivity contribution >= 4 is 27.7 Å². The van der Waals surface area contributed by atoms with Crippen LogP contribution < -0.4 is 5.32 Å². The quantitative estimate of drug-likeness (QED) is 0.542. The molecule has 0 saturated heterocycles. The Morgan fingerprint density at radius 3 is 2.83 bits per heavy atom. The van der Waals surface area contributed by atoms with Crippen LogP contribution in [0.5, 0.6) is 0 Å².